The van der Waals surface area contributed by atoms with E-state index in [2.05, 4.69) is 15.3 Å². The lowest BCUT2D eigenvalue weighted by molar-refractivity contribution is 0.229. The first-order valence-electron chi connectivity index (χ1n) is 7.57. The van der Waals surface area contributed by atoms with Crippen molar-refractivity contribution >= 4 is 35.1 Å². The van der Waals surface area contributed by atoms with Crippen LogP contribution in [0.4, 0.5) is 11.8 Å². The van der Waals surface area contributed by atoms with Gasteiger partial charge in [0.05, 0.1) is 4.90 Å². The van der Waals surface area contributed by atoms with E-state index in [1.54, 1.807) is 18.0 Å². The molecule has 7 heteroatoms. The van der Waals surface area contributed by atoms with Gasteiger partial charge in [0.2, 0.25) is 5.95 Å². The number of nitrogens with two attached hydrogens (primary N) is 1. The molecule has 0 saturated heterocycles. The van der Waals surface area contributed by atoms with Gasteiger partial charge in [-0.1, -0.05) is 23.4 Å². The fourth-order valence-electron chi connectivity index (χ4n) is 2.76. The van der Waals surface area contributed by atoms with Gasteiger partial charge in [-0.2, -0.15) is 4.98 Å². The van der Waals surface area contributed by atoms with Crippen LogP contribution in [0, 0.1) is 5.92 Å². The van der Waals surface area contributed by atoms with E-state index in [0.717, 1.165) is 34.9 Å². The van der Waals surface area contributed by atoms with Gasteiger partial charge in [-0.25, -0.2) is 4.98 Å². The lowest BCUT2D eigenvalue weighted by Gasteiger charge is -2.16. The molecule has 1 aromatic carbocycles. The second-order valence-corrected chi connectivity index (χ2v) is 7.25. The van der Waals surface area contributed by atoms with Crippen molar-refractivity contribution in [1.29, 1.82) is 0 Å². The third-order valence-corrected chi connectivity index (χ3v) is 5.23. The van der Waals surface area contributed by atoms with Crippen LogP contribution in [0.2, 0.25) is 5.02 Å². The number of anilines is 2. The molecule has 3 rings (SSSR count). The Morgan fingerprint density at radius 3 is 2.78 bits per heavy atom. The molecule has 2 aromatic rings. The molecule has 122 valence electrons. The number of halogens is 1. The third-order valence-electron chi connectivity index (χ3n) is 3.96. The van der Waals surface area contributed by atoms with Gasteiger partial charge in [0.1, 0.15) is 5.82 Å². The summed E-state index contributed by atoms with van der Waals surface area (Å²) in [5, 5.41) is 13.4. The molecule has 1 aliphatic rings. The predicted octanol–water partition coefficient (Wildman–Crippen LogP) is 3.44. The van der Waals surface area contributed by atoms with Crippen molar-refractivity contribution in [3.05, 3.63) is 35.5 Å². The highest BCUT2D eigenvalue weighted by Crippen LogP contribution is 2.35. The number of hydrogen-bond donors (Lipinski definition) is 3. The van der Waals surface area contributed by atoms with Gasteiger partial charge < -0.3 is 16.2 Å². The van der Waals surface area contributed by atoms with Crippen LogP contribution in [0.5, 0.6) is 0 Å². The van der Waals surface area contributed by atoms with Crippen LogP contribution in [0.15, 0.2) is 40.3 Å². The van der Waals surface area contributed by atoms with Crippen molar-refractivity contribution in [2.45, 2.75) is 35.1 Å². The minimum atomic E-state index is 0.247. The summed E-state index contributed by atoms with van der Waals surface area (Å²) < 4.78 is 0. The number of aliphatic hydroxyl groups excluding tert-OH is 1. The van der Waals surface area contributed by atoms with Gasteiger partial charge in [0.15, 0.2) is 0 Å². The van der Waals surface area contributed by atoms with E-state index in [0.29, 0.717) is 17.0 Å². The number of aromatic nitrogens is 2. The molecular formula is C16H19ClN4OS. The summed E-state index contributed by atoms with van der Waals surface area (Å²) in [6, 6.07) is 7.95. The Hall–Kier alpha value is -1.50. The molecule has 0 aliphatic heterocycles. The smallest absolute Gasteiger partial charge is 0.221 e. The van der Waals surface area contributed by atoms with Gasteiger partial charge in [-0.05, 0) is 49.4 Å². The summed E-state index contributed by atoms with van der Waals surface area (Å²) in [5.41, 5.74) is 5.74. The predicted molar refractivity (Wildman–Crippen MR) is 93.9 cm³/mol. The molecule has 1 aromatic heterocycles. The van der Waals surface area contributed by atoms with Crippen molar-refractivity contribution in [2.24, 2.45) is 5.92 Å². The van der Waals surface area contributed by atoms with Crippen molar-refractivity contribution in [2.75, 3.05) is 17.7 Å². The molecule has 1 heterocycles. The van der Waals surface area contributed by atoms with E-state index in [1.807, 2.05) is 24.3 Å². The Labute approximate surface area is 144 Å². The number of nitrogen functional groups attached to an aromatic ring is 1. The lowest BCUT2D eigenvalue weighted by Crippen LogP contribution is -2.18. The maximum Gasteiger partial charge on any atom is 0.221 e. The van der Waals surface area contributed by atoms with E-state index < -0.39 is 0 Å². The lowest BCUT2D eigenvalue weighted by atomic mass is 10.1. The molecule has 2 unspecified atom stereocenters. The summed E-state index contributed by atoms with van der Waals surface area (Å²) in [5.74, 6) is 1.38. The molecule has 1 aliphatic carbocycles. The molecule has 0 bridgehead atoms. The summed E-state index contributed by atoms with van der Waals surface area (Å²) in [7, 11) is 0. The molecule has 5 nitrogen and oxygen atoms in total. The standard InChI is InChI=1S/C16H19ClN4OS/c17-11-2-5-13(6-3-11)23-14-8-19-16(18)21-15(14)20-12-4-1-10(7-12)9-22/h2-3,5-6,8,10,12,22H,1,4,7,9H2,(H3,18,19,20,21). The first-order valence-corrected chi connectivity index (χ1v) is 8.77. The maximum absolute atomic E-state index is 9.28. The summed E-state index contributed by atoms with van der Waals surface area (Å²) in [4.78, 5) is 10.4. The van der Waals surface area contributed by atoms with Crippen LogP contribution in [0.25, 0.3) is 0 Å². The molecule has 4 N–H and O–H groups in total. The van der Waals surface area contributed by atoms with E-state index in [9.17, 15) is 5.11 Å². The fourth-order valence-corrected chi connectivity index (χ4v) is 3.72. The second kappa shape index (κ2) is 7.38. The van der Waals surface area contributed by atoms with Crippen LogP contribution in [0.1, 0.15) is 19.3 Å². The monoisotopic (exact) mass is 350 g/mol. The molecule has 0 spiro atoms. The average Bonchev–Trinajstić information content (AvgIpc) is 3.00. The van der Waals surface area contributed by atoms with E-state index in [-0.39, 0.29) is 12.6 Å². The summed E-state index contributed by atoms with van der Waals surface area (Å²) >= 11 is 7.49. The zero-order valence-corrected chi connectivity index (χ0v) is 14.1. The third kappa shape index (κ3) is 4.28. The van der Waals surface area contributed by atoms with Gasteiger partial charge in [0, 0.05) is 28.8 Å². The highest BCUT2D eigenvalue weighted by atomic mass is 35.5. The topological polar surface area (TPSA) is 84.1 Å². The fraction of sp³-hybridized carbons (Fsp3) is 0.375. The molecule has 2 atom stereocenters. The quantitative estimate of drug-likeness (QED) is 0.766. The summed E-state index contributed by atoms with van der Waals surface area (Å²) in [6.45, 7) is 0.247. The van der Waals surface area contributed by atoms with Crippen molar-refractivity contribution in [3.63, 3.8) is 0 Å². The van der Waals surface area contributed by atoms with Crippen LogP contribution in [0.3, 0.4) is 0 Å². The van der Waals surface area contributed by atoms with Crippen LogP contribution < -0.4 is 11.1 Å². The van der Waals surface area contributed by atoms with Gasteiger partial charge >= 0.3 is 0 Å². The molecule has 23 heavy (non-hydrogen) atoms. The van der Waals surface area contributed by atoms with Crippen LogP contribution in [-0.2, 0) is 0 Å². The summed E-state index contributed by atoms with van der Waals surface area (Å²) in [6.07, 6.45) is 4.75. The number of benzene rings is 1. The van der Waals surface area contributed by atoms with E-state index >= 15 is 0 Å². The number of aliphatic hydroxyl groups is 1. The van der Waals surface area contributed by atoms with Gasteiger partial charge in [-0.3, -0.25) is 0 Å². The Morgan fingerprint density at radius 1 is 1.30 bits per heavy atom. The highest BCUT2D eigenvalue weighted by Gasteiger charge is 2.25. The first-order chi connectivity index (χ1) is 11.1. The van der Waals surface area contributed by atoms with Crippen LogP contribution in [-0.4, -0.2) is 27.7 Å². The Bertz CT molecular complexity index is 668. The minimum Gasteiger partial charge on any atom is -0.396 e. The van der Waals surface area contributed by atoms with Crippen molar-refractivity contribution in [1.82, 2.24) is 9.97 Å². The SMILES string of the molecule is Nc1ncc(Sc2ccc(Cl)cc2)c(NC2CCC(CO)C2)n1. The number of hydrogen-bond acceptors (Lipinski definition) is 6. The number of rotatable bonds is 5. The van der Waals surface area contributed by atoms with E-state index in [1.165, 1.54) is 0 Å². The second-order valence-electron chi connectivity index (χ2n) is 5.70. The molecule has 1 saturated carbocycles. The normalized spacial score (nSPS) is 20.6. The Kier molecular flexibility index (Phi) is 5.25. The number of nitrogens with zero attached hydrogens (tertiary/aromatic N) is 2. The highest BCUT2D eigenvalue weighted by molar-refractivity contribution is 7.99. The molecule has 0 amide bonds. The van der Waals surface area contributed by atoms with Crippen LogP contribution >= 0.6 is 23.4 Å². The molecule has 0 radical (unpaired) electrons. The Balaban J connectivity index is 1.76. The first kappa shape index (κ1) is 16.4. The molecular weight excluding hydrogens is 332 g/mol. The van der Waals surface area contributed by atoms with Gasteiger partial charge in [0.25, 0.3) is 0 Å². The maximum atomic E-state index is 9.28. The largest absolute Gasteiger partial charge is 0.396 e. The van der Waals surface area contributed by atoms with Gasteiger partial charge in [-0.15, -0.1) is 0 Å². The van der Waals surface area contributed by atoms with Crippen molar-refractivity contribution < 1.29 is 5.11 Å². The van der Waals surface area contributed by atoms with E-state index in [4.69, 9.17) is 17.3 Å². The average molecular weight is 351 g/mol. The molecule has 1 fully saturated rings. The minimum absolute atomic E-state index is 0.247. The zero-order valence-electron chi connectivity index (χ0n) is 12.6. The van der Waals surface area contributed by atoms with Crippen molar-refractivity contribution in [3.8, 4) is 0 Å². The number of nitrogens with one attached hydrogen (secondary N) is 1. The Morgan fingerprint density at radius 2 is 2.09 bits per heavy atom. The zero-order chi connectivity index (χ0) is 16.2.